The summed E-state index contributed by atoms with van der Waals surface area (Å²) in [5.41, 5.74) is 4.66. The number of hydrazone groups is 1. The second kappa shape index (κ2) is 5.27. The predicted octanol–water partition coefficient (Wildman–Crippen LogP) is 1.83. The van der Waals surface area contributed by atoms with Crippen LogP contribution in [0.3, 0.4) is 0 Å². The van der Waals surface area contributed by atoms with Gasteiger partial charge in [0.1, 0.15) is 5.82 Å². The quantitative estimate of drug-likeness (QED) is 0.637. The molecule has 0 spiro atoms. The van der Waals surface area contributed by atoms with Crippen molar-refractivity contribution >= 4 is 11.9 Å². The zero-order chi connectivity index (χ0) is 13.0. The van der Waals surface area contributed by atoms with Gasteiger partial charge in [0.2, 0.25) is 0 Å². The number of hydrogen-bond donors (Lipinski definition) is 2. The van der Waals surface area contributed by atoms with Gasteiger partial charge in [-0.2, -0.15) is 5.10 Å². The number of aromatic nitrogens is 2. The van der Waals surface area contributed by atoms with E-state index in [1.807, 2.05) is 30.3 Å². The minimum absolute atomic E-state index is 0.182. The van der Waals surface area contributed by atoms with Gasteiger partial charge in [-0.3, -0.25) is 10.2 Å². The van der Waals surface area contributed by atoms with E-state index in [4.69, 9.17) is 0 Å². The highest BCUT2D eigenvalue weighted by molar-refractivity contribution is 5.80. The number of aryl methyl sites for hydroxylation is 2. The zero-order valence-corrected chi connectivity index (χ0v) is 10.3. The van der Waals surface area contributed by atoms with Gasteiger partial charge in [0, 0.05) is 0 Å². The van der Waals surface area contributed by atoms with Crippen molar-refractivity contribution in [2.24, 2.45) is 5.10 Å². The molecule has 1 aromatic heterocycles. The number of nitrogens with zero attached hydrogens (tertiary/aromatic N) is 2. The fourth-order valence-corrected chi connectivity index (χ4v) is 1.57. The van der Waals surface area contributed by atoms with Crippen LogP contribution in [0.1, 0.15) is 17.1 Å². The fourth-order valence-electron chi connectivity index (χ4n) is 1.57. The molecule has 5 heteroatoms. The SMILES string of the molecule is Cc1nc(C)c(/C=N\Nc2ccccc2)c(=O)[nH]1. The van der Waals surface area contributed by atoms with Crippen molar-refractivity contribution in [1.82, 2.24) is 9.97 Å². The number of H-pyrrole nitrogens is 1. The van der Waals surface area contributed by atoms with E-state index in [0.29, 0.717) is 17.1 Å². The second-order valence-corrected chi connectivity index (χ2v) is 3.89. The molecule has 0 aliphatic heterocycles. The number of benzene rings is 1. The van der Waals surface area contributed by atoms with E-state index in [-0.39, 0.29) is 5.56 Å². The van der Waals surface area contributed by atoms with Crippen LogP contribution in [0.5, 0.6) is 0 Å². The highest BCUT2D eigenvalue weighted by atomic mass is 16.1. The summed E-state index contributed by atoms with van der Waals surface area (Å²) in [5, 5.41) is 4.03. The van der Waals surface area contributed by atoms with E-state index < -0.39 is 0 Å². The van der Waals surface area contributed by atoms with E-state index >= 15 is 0 Å². The Bertz CT molecular complexity index is 617. The van der Waals surface area contributed by atoms with E-state index in [0.717, 1.165) is 5.69 Å². The monoisotopic (exact) mass is 242 g/mol. The number of rotatable bonds is 3. The summed E-state index contributed by atoms with van der Waals surface area (Å²) in [4.78, 5) is 18.5. The number of aromatic amines is 1. The van der Waals surface area contributed by atoms with Gasteiger partial charge in [-0.15, -0.1) is 0 Å². The van der Waals surface area contributed by atoms with E-state index in [2.05, 4.69) is 20.5 Å². The lowest BCUT2D eigenvalue weighted by atomic mass is 10.2. The van der Waals surface area contributed by atoms with Gasteiger partial charge in [0.15, 0.2) is 0 Å². The van der Waals surface area contributed by atoms with Gasteiger partial charge < -0.3 is 4.98 Å². The third-order valence-electron chi connectivity index (χ3n) is 2.43. The lowest BCUT2D eigenvalue weighted by molar-refractivity contribution is 0.976. The average Bonchev–Trinajstić information content (AvgIpc) is 2.34. The van der Waals surface area contributed by atoms with Crippen molar-refractivity contribution in [3.63, 3.8) is 0 Å². The topological polar surface area (TPSA) is 70.1 Å². The van der Waals surface area contributed by atoms with Crippen molar-refractivity contribution in [2.45, 2.75) is 13.8 Å². The Morgan fingerprint density at radius 3 is 2.67 bits per heavy atom. The molecule has 0 aliphatic carbocycles. The van der Waals surface area contributed by atoms with Gasteiger partial charge in [-0.05, 0) is 26.0 Å². The summed E-state index contributed by atoms with van der Waals surface area (Å²) in [6.07, 6.45) is 1.48. The van der Waals surface area contributed by atoms with Crippen LogP contribution < -0.4 is 11.0 Å². The first-order valence-electron chi connectivity index (χ1n) is 5.58. The Morgan fingerprint density at radius 1 is 1.28 bits per heavy atom. The molecular weight excluding hydrogens is 228 g/mol. The maximum Gasteiger partial charge on any atom is 0.260 e. The normalized spacial score (nSPS) is 10.8. The minimum atomic E-state index is -0.182. The maximum absolute atomic E-state index is 11.7. The van der Waals surface area contributed by atoms with Crippen LogP contribution in [0, 0.1) is 13.8 Å². The smallest absolute Gasteiger partial charge is 0.260 e. The lowest BCUT2D eigenvalue weighted by Crippen LogP contribution is -2.17. The summed E-state index contributed by atoms with van der Waals surface area (Å²) in [7, 11) is 0. The molecule has 0 fully saturated rings. The summed E-state index contributed by atoms with van der Waals surface area (Å²) < 4.78 is 0. The van der Waals surface area contributed by atoms with Crippen molar-refractivity contribution in [1.29, 1.82) is 0 Å². The molecule has 2 N–H and O–H groups in total. The molecule has 1 aromatic carbocycles. The van der Waals surface area contributed by atoms with Gasteiger partial charge in [0.05, 0.1) is 23.2 Å². The molecule has 1 heterocycles. The molecule has 0 amide bonds. The molecule has 0 unspecified atom stereocenters. The van der Waals surface area contributed by atoms with Gasteiger partial charge in [-0.1, -0.05) is 18.2 Å². The Kier molecular flexibility index (Phi) is 3.52. The molecular formula is C13H14N4O. The third-order valence-corrected chi connectivity index (χ3v) is 2.43. The second-order valence-electron chi connectivity index (χ2n) is 3.89. The molecule has 0 atom stereocenters. The number of anilines is 1. The standard InChI is InChI=1S/C13H14N4O/c1-9-12(13(18)16-10(2)15-9)8-14-17-11-6-4-3-5-7-11/h3-8,17H,1-2H3,(H,15,16,18)/b14-8-. The van der Waals surface area contributed by atoms with Gasteiger partial charge in [-0.25, -0.2) is 4.98 Å². The first-order valence-corrected chi connectivity index (χ1v) is 5.58. The predicted molar refractivity (Wildman–Crippen MR) is 72.0 cm³/mol. The van der Waals surface area contributed by atoms with Crippen molar-refractivity contribution in [3.8, 4) is 0 Å². The molecule has 0 bridgehead atoms. The molecule has 0 saturated heterocycles. The van der Waals surface area contributed by atoms with Crippen LogP contribution in [0.25, 0.3) is 0 Å². The summed E-state index contributed by atoms with van der Waals surface area (Å²) in [6, 6.07) is 9.52. The summed E-state index contributed by atoms with van der Waals surface area (Å²) in [6.45, 7) is 3.53. The molecule has 92 valence electrons. The third kappa shape index (κ3) is 2.82. The van der Waals surface area contributed by atoms with E-state index in [1.54, 1.807) is 13.8 Å². The molecule has 0 saturated carbocycles. The van der Waals surface area contributed by atoms with E-state index in [9.17, 15) is 4.79 Å². The van der Waals surface area contributed by atoms with Gasteiger partial charge >= 0.3 is 0 Å². The molecule has 18 heavy (non-hydrogen) atoms. The maximum atomic E-state index is 11.7. The molecule has 2 rings (SSSR count). The lowest BCUT2D eigenvalue weighted by Gasteiger charge is -2.01. The Morgan fingerprint density at radius 2 is 2.00 bits per heavy atom. The molecule has 0 radical (unpaired) electrons. The van der Waals surface area contributed by atoms with Crippen molar-refractivity contribution in [2.75, 3.05) is 5.43 Å². The number of para-hydroxylation sites is 1. The van der Waals surface area contributed by atoms with Crippen molar-refractivity contribution in [3.05, 3.63) is 57.8 Å². The summed E-state index contributed by atoms with van der Waals surface area (Å²) in [5.74, 6) is 0.602. The van der Waals surface area contributed by atoms with Crippen LogP contribution in [-0.2, 0) is 0 Å². The van der Waals surface area contributed by atoms with Crippen LogP contribution in [0.4, 0.5) is 5.69 Å². The largest absolute Gasteiger partial charge is 0.310 e. The van der Waals surface area contributed by atoms with Crippen LogP contribution in [-0.4, -0.2) is 16.2 Å². The minimum Gasteiger partial charge on any atom is -0.310 e. The Hall–Kier alpha value is -2.43. The fraction of sp³-hybridized carbons (Fsp3) is 0.154. The number of nitrogens with one attached hydrogen (secondary N) is 2. The highest BCUT2D eigenvalue weighted by Crippen LogP contribution is 2.04. The molecule has 2 aromatic rings. The number of hydrogen-bond acceptors (Lipinski definition) is 4. The van der Waals surface area contributed by atoms with E-state index in [1.165, 1.54) is 6.21 Å². The van der Waals surface area contributed by atoms with Crippen molar-refractivity contribution < 1.29 is 0 Å². The van der Waals surface area contributed by atoms with Crippen LogP contribution in [0.15, 0.2) is 40.2 Å². The molecule has 5 nitrogen and oxygen atoms in total. The first kappa shape index (κ1) is 12.0. The van der Waals surface area contributed by atoms with Crippen LogP contribution in [0.2, 0.25) is 0 Å². The summed E-state index contributed by atoms with van der Waals surface area (Å²) >= 11 is 0. The van der Waals surface area contributed by atoms with Gasteiger partial charge in [0.25, 0.3) is 5.56 Å². The Labute approximate surface area is 105 Å². The average molecular weight is 242 g/mol. The van der Waals surface area contributed by atoms with Crippen LogP contribution >= 0.6 is 0 Å². The Balaban J connectivity index is 2.18. The first-order chi connectivity index (χ1) is 8.66. The highest BCUT2D eigenvalue weighted by Gasteiger charge is 2.03. The zero-order valence-electron chi connectivity index (χ0n) is 10.3. The molecule has 0 aliphatic rings.